The summed E-state index contributed by atoms with van der Waals surface area (Å²) < 4.78 is 6.26. The molecule has 4 aliphatic carbocycles. The summed E-state index contributed by atoms with van der Waals surface area (Å²) in [4.78, 5) is 28.0. The van der Waals surface area contributed by atoms with Crippen molar-refractivity contribution in [2.45, 2.75) is 83.8 Å². The predicted molar refractivity (Wildman–Crippen MR) is 145 cm³/mol. The first-order valence-electron chi connectivity index (χ1n) is 14.7. The second-order valence-electron chi connectivity index (χ2n) is 13.8. The van der Waals surface area contributed by atoms with Crippen LogP contribution in [0.25, 0.3) is 10.8 Å². The molecule has 1 spiro atoms. The van der Waals surface area contributed by atoms with Gasteiger partial charge in [0.25, 0.3) is 0 Å². The lowest BCUT2D eigenvalue weighted by atomic mass is 9.44. The molecule has 0 radical (unpaired) electrons. The van der Waals surface area contributed by atoms with Crippen LogP contribution in [0.15, 0.2) is 42.5 Å². The quantitative estimate of drug-likeness (QED) is 0.440. The fourth-order valence-electron chi connectivity index (χ4n) is 9.97. The van der Waals surface area contributed by atoms with Crippen molar-refractivity contribution in [3.05, 3.63) is 48.0 Å². The lowest BCUT2D eigenvalue weighted by molar-refractivity contribution is -0.200. The molecule has 2 aromatic carbocycles. The molecule has 0 unspecified atom stereocenters. The number of Topliss-reactive ketones (excluding diaryl/α,β-unsaturated/α-hetero) is 1. The lowest BCUT2D eigenvalue weighted by Crippen LogP contribution is -2.61. The summed E-state index contributed by atoms with van der Waals surface area (Å²) in [7, 11) is 0. The van der Waals surface area contributed by atoms with Crippen LogP contribution >= 0.6 is 0 Å². The first-order chi connectivity index (χ1) is 17.8. The normalized spacial score (nSPS) is 41.8. The molecule has 0 bridgehead atoms. The molecular weight excluding hydrogens is 458 g/mol. The molecule has 1 saturated heterocycles. The van der Waals surface area contributed by atoms with Crippen LogP contribution in [0.1, 0.15) is 77.2 Å². The highest BCUT2D eigenvalue weighted by atomic mass is 16.6. The number of hydrogen-bond acceptors (Lipinski definition) is 4. The van der Waals surface area contributed by atoms with Crippen LogP contribution in [-0.2, 0) is 20.9 Å². The molecule has 7 rings (SSSR count). The van der Waals surface area contributed by atoms with Crippen LogP contribution in [0.3, 0.4) is 0 Å². The van der Waals surface area contributed by atoms with E-state index in [0.29, 0.717) is 35.5 Å². The van der Waals surface area contributed by atoms with Crippen molar-refractivity contribution in [3.8, 4) is 0 Å². The van der Waals surface area contributed by atoms with E-state index in [1.165, 1.54) is 35.6 Å². The molecule has 1 heterocycles. The molecule has 5 aliphatic rings. The highest BCUT2D eigenvalue weighted by Gasteiger charge is 2.62. The number of rotatable bonds is 2. The number of carbonyl (C=O) groups excluding carboxylic acids is 2. The second kappa shape index (κ2) is 8.40. The zero-order valence-corrected chi connectivity index (χ0v) is 22.5. The second-order valence-corrected chi connectivity index (χ2v) is 13.8. The van der Waals surface area contributed by atoms with E-state index in [0.717, 1.165) is 57.5 Å². The Morgan fingerprint density at radius 2 is 1.76 bits per heavy atom. The number of morpholine rings is 1. The number of esters is 1. The number of hydrogen-bond donors (Lipinski definition) is 0. The monoisotopic (exact) mass is 499 g/mol. The standard InChI is InChI=1S/C33H41NO3/c1-31-15-16-33(18-25(31)9-10-26-27-11-12-29(35)32(27,2)14-13-28(26)31)21-34(20-30(36)37-33)19-22-7-8-23-5-3-4-6-24(23)17-22/h3-8,17,25-28H,9-16,18-21H2,1-2H3/t25-,26-,27-,28-,31-,32-,33+/m0/s1. The molecule has 4 nitrogen and oxygen atoms in total. The minimum atomic E-state index is -0.338. The highest BCUT2D eigenvalue weighted by molar-refractivity contribution is 5.87. The van der Waals surface area contributed by atoms with Crippen LogP contribution in [0.2, 0.25) is 0 Å². The molecule has 0 amide bonds. The van der Waals surface area contributed by atoms with Gasteiger partial charge in [0.15, 0.2) is 0 Å². The van der Waals surface area contributed by atoms with Gasteiger partial charge in [-0.2, -0.15) is 0 Å². The van der Waals surface area contributed by atoms with Gasteiger partial charge < -0.3 is 4.74 Å². The smallest absolute Gasteiger partial charge is 0.320 e. The van der Waals surface area contributed by atoms with Crippen LogP contribution in [0.5, 0.6) is 0 Å². The van der Waals surface area contributed by atoms with E-state index in [4.69, 9.17) is 4.74 Å². The average molecular weight is 500 g/mol. The maximum absolute atomic E-state index is 12.9. The maximum atomic E-state index is 12.9. The van der Waals surface area contributed by atoms with E-state index >= 15 is 0 Å². The van der Waals surface area contributed by atoms with Crippen LogP contribution in [0.4, 0.5) is 0 Å². The van der Waals surface area contributed by atoms with Crippen LogP contribution in [-0.4, -0.2) is 35.3 Å². The van der Waals surface area contributed by atoms with Crippen LogP contribution in [0, 0.1) is 34.5 Å². The summed E-state index contributed by atoms with van der Waals surface area (Å²) >= 11 is 0. The van der Waals surface area contributed by atoms with Crippen molar-refractivity contribution in [3.63, 3.8) is 0 Å². The van der Waals surface area contributed by atoms with Gasteiger partial charge in [0.1, 0.15) is 11.4 Å². The third kappa shape index (κ3) is 3.72. The van der Waals surface area contributed by atoms with Gasteiger partial charge in [-0.05, 0) is 103 Å². The van der Waals surface area contributed by atoms with E-state index in [-0.39, 0.29) is 17.0 Å². The van der Waals surface area contributed by atoms with Crippen molar-refractivity contribution in [2.24, 2.45) is 34.5 Å². The Bertz CT molecular complexity index is 1260. The van der Waals surface area contributed by atoms with E-state index in [2.05, 4.69) is 61.2 Å². The van der Waals surface area contributed by atoms with Gasteiger partial charge in [0.2, 0.25) is 0 Å². The minimum Gasteiger partial charge on any atom is -0.457 e. The first kappa shape index (κ1) is 23.9. The number of fused-ring (bicyclic) bond motifs is 6. The summed E-state index contributed by atoms with van der Waals surface area (Å²) in [5.41, 5.74) is 1.19. The summed E-state index contributed by atoms with van der Waals surface area (Å²) in [6.45, 7) is 6.86. The zero-order chi connectivity index (χ0) is 25.4. The molecule has 4 heteroatoms. The zero-order valence-electron chi connectivity index (χ0n) is 22.5. The molecule has 0 aromatic heterocycles. The topological polar surface area (TPSA) is 46.6 Å². The van der Waals surface area contributed by atoms with Gasteiger partial charge in [0, 0.05) is 24.9 Å². The summed E-state index contributed by atoms with van der Waals surface area (Å²) in [6, 6.07) is 15.2. The molecule has 0 N–H and O–H groups in total. The maximum Gasteiger partial charge on any atom is 0.320 e. The Hall–Kier alpha value is -2.20. The van der Waals surface area contributed by atoms with E-state index in [9.17, 15) is 9.59 Å². The predicted octanol–water partition coefficient (Wildman–Crippen LogP) is 6.55. The van der Waals surface area contributed by atoms with Crippen molar-refractivity contribution in [2.75, 3.05) is 13.1 Å². The van der Waals surface area contributed by atoms with Gasteiger partial charge in [-0.3, -0.25) is 14.5 Å². The fraction of sp³-hybridized carbons (Fsp3) is 0.636. The Balaban J connectivity index is 1.09. The minimum absolute atomic E-state index is 0.0532. The van der Waals surface area contributed by atoms with Crippen molar-refractivity contribution in [1.82, 2.24) is 4.90 Å². The summed E-state index contributed by atoms with van der Waals surface area (Å²) in [5, 5.41) is 2.51. The highest BCUT2D eigenvalue weighted by Crippen LogP contribution is 2.66. The number of carbonyl (C=O) groups is 2. The number of nitrogens with zero attached hydrogens (tertiary/aromatic N) is 1. The van der Waals surface area contributed by atoms with Gasteiger partial charge in [-0.25, -0.2) is 0 Å². The third-order valence-electron chi connectivity index (χ3n) is 11.9. The van der Waals surface area contributed by atoms with Crippen LogP contribution < -0.4 is 0 Å². The van der Waals surface area contributed by atoms with Gasteiger partial charge >= 0.3 is 5.97 Å². The molecular formula is C33H41NO3. The Labute approximate surface area is 221 Å². The largest absolute Gasteiger partial charge is 0.457 e. The Kier molecular flexibility index (Phi) is 5.42. The van der Waals surface area contributed by atoms with E-state index in [1.54, 1.807) is 0 Å². The van der Waals surface area contributed by atoms with E-state index in [1.807, 2.05) is 0 Å². The van der Waals surface area contributed by atoms with Crippen molar-refractivity contribution >= 4 is 22.5 Å². The molecule has 4 saturated carbocycles. The molecule has 1 aliphatic heterocycles. The number of ketones is 1. The third-order valence-corrected chi connectivity index (χ3v) is 11.9. The van der Waals surface area contributed by atoms with Gasteiger partial charge in [0.05, 0.1) is 6.54 Å². The summed E-state index contributed by atoms with van der Waals surface area (Å²) in [5.74, 6) is 3.11. The number of benzene rings is 2. The molecule has 37 heavy (non-hydrogen) atoms. The summed E-state index contributed by atoms with van der Waals surface area (Å²) in [6.07, 6.45) is 9.81. The van der Waals surface area contributed by atoms with Gasteiger partial charge in [-0.15, -0.1) is 0 Å². The van der Waals surface area contributed by atoms with Crippen molar-refractivity contribution < 1.29 is 14.3 Å². The molecule has 5 fully saturated rings. The molecule has 2 aromatic rings. The average Bonchev–Trinajstić information content (AvgIpc) is 3.18. The molecule has 7 atom stereocenters. The van der Waals surface area contributed by atoms with E-state index < -0.39 is 0 Å². The molecule has 196 valence electrons. The lowest BCUT2D eigenvalue weighted by Gasteiger charge is -2.62. The first-order valence-corrected chi connectivity index (χ1v) is 14.7. The fourth-order valence-corrected chi connectivity index (χ4v) is 9.97. The number of ether oxygens (including phenoxy) is 1. The Morgan fingerprint density at radius 1 is 0.919 bits per heavy atom. The van der Waals surface area contributed by atoms with Crippen molar-refractivity contribution in [1.29, 1.82) is 0 Å². The SMILES string of the molecule is C[C@]12CC[C@@]3(C[C@@H]1CC[C@@H]1[C@@H]2CC[C@]2(C)C(=O)CC[C@@H]12)CN(Cc1ccc2ccccc2c1)CC(=O)O3. The van der Waals surface area contributed by atoms with Gasteiger partial charge in [-0.1, -0.05) is 50.2 Å². The Morgan fingerprint density at radius 3 is 2.62 bits per heavy atom.